The van der Waals surface area contributed by atoms with Crippen molar-refractivity contribution in [3.63, 3.8) is 0 Å². The Kier molecular flexibility index (Phi) is 4.04. The lowest BCUT2D eigenvalue weighted by atomic mass is 10.1. The number of nitrogens with zero attached hydrogens (tertiary/aromatic N) is 4. The Hall–Kier alpha value is -1.63. The van der Waals surface area contributed by atoms with Crippen LogP contribution in [0.3, 0.4) is 0 Å². The fourth-order valence-electron chi connectivity index (χ4n) is 2.68. The Labute approximate surface area is 112 Å². The van der Waals surface area contributed by atoms with Crippen LogP contribution in [-0.4, -0.2) is 40.9 Å². The Morgan fingerprint density at radius 1 is 1.63 bits per heavy atom. The van der Waals surface area contributed by atoms with E-state index in [1.807, 2.05) is 18.9 Å². The van der Waals surface area contributed by atoms with Crippen molar-refractivity contribution in [2.24, 2.45) is 0 Å². The van der Waals surface area contributed by atoms with Crippen molar-refractivity contribution in [3.8, 4) is 0 Å². The van der Waals surface area contributed by atoms with Crippen LogP contribution < -0.4 is 10.2 Å². The summed E-state index contributed by atoms with van der Waals surface area (Å²) in [6.45, 7) is 6.17. The van der Waals surface area contributed by atoms with E-state index in [4.69, 9.17) is 0 Å². The van der Waals surface area contributed by atoms with Gasteiger partial charge in [-0.2, -0.15) is 5.10 Å². The van der Waals surface area contributed by atoms with Crippen molar-refractivity contribution < 1.29 is 4.92 Å². The van der Waals surface area contributed by atoms with Gasteiger partial charge in [-0.1, -0.05) is 0 Å². The van der Waals surface area contributed by atoms with Gasteiger partial charge in [0.1, 0.15) is 5.69 Å². The molecule has 0 spiro atoms. The summed E-state index contributed by atoms with van der Waals surface area (Å²) in [5.41, 5.74) is 0.618. The highest BCUT2D eigenvalue weighted by Gasteiger charge is 2.31. The largest absolute Gasteiger partial charge is 0.350 e. The number of aromatic nitrogens is 2. The lowest BCUT2D eigenvalue weighted by Gasteiger charge is -2.32. The molecular formula is C12H21N5O2. The molecule has 7 nitrogen and oxygen atoms in total. The van der Waals surface area contributed by atoms with E-state index in [1.54, 1.807) is 11.6 Å². The third-order valence-corrected chi connectivity index (χ3v) is 3.70. The SMILES string of the molecule is CCn1nc(C)c([N+](=O)[O-])c1N(C)C1CCCNC1. The fraction of sp³-hybridized carbons (Fsp3) is 0.750. The van der Waals surface area contributed by atoms with E-state index in [1.165, 1.54) is 0 Å². The molecule has 1 fully saturated rings. The summed E-state index contributed by atoms with van der Waals surface area (Å²) in [4.78, 5) is 13.0. The third-order valence-electron chi connectivity index (χ3n) is 3.70. The summed E-state index contributed by atoms with van der Waals surface area (Å²) >= 11 is 0. The van der Waals surface area contributed by atoms with Crippen molar-refractivity contribution in [2.45, 2.75) is 39.3 Å². The molecule has 1 atom stereocenters. The normalized spacial score (nSPS) is 19.4. The second-order valence-corrected chi connectivity index (χ2v) is 4.94. The highest BCUT2D eigenvalue weighted by atomic mass is 16.6. The number of anilines is 1. The average Bonchev–Trinajstić information content (AvgIpc) is 2.75. The van der Waals surface area contributed by atoms with Crippen LogP contribution in [0.2, 0.25) is 0 Å². The minimum absolute atomic E-state index is 0.134. The maximum Gasteiger partial charge on any atom is 0.333 e. The van der Waals surface area contributed by atoms with Gasteiger partial charge >= 0.3 is 5.69 Å². The van der Waals surface area contributed by atoms with Crippen molar-refractivity contribution in [3.05, 3.63) is 15.8 Å². The molecule has 1 aromatic heterocycles. The van der Waals surface area contributed by atoms with Gasteiger partial charge in [-0.25, -0.2) is 4.68 Å². The molecule has 1 aliphatic rings. The molecule has 0 amide bonds. The number of piperidine rings is 1. The Bertz CT molecular complexity index is 465. The van der Waals surface area contributed by atoms with Gasteiger partial charge in [0.2, 0.25) is 5.82 Å². The molecule has 106 valence electrons. The maximum atomic E-state index is 11.3. The van der Waals surface area contributed by atoms with E-state index in [2.05, 4.69) is 10.4 Å². The first-order valence-electron chi connectivity index (χ1n) is 6.71. The standard InChI is InChI=1S/C12H21N5O2/c1-4-16-12(11(17(18)19)9(2)14-16)15(3)10-6-5-7-13-8-10/h10,13H,4-8H2,1-3H3. The lowest BCUT2D eigenvalue weighted by molar-refractivity contribution is -0.384. The van der Waals surface area contributed by atoms with Crippen LogP contribution in [0.1, 0.15) is 25.5 Å². The topological polar surface area (TPSA) is 76.2 Å². The molecule has 1 N–H and O–H groups in total. The lowest BCUT2D eigenvalue weighted by Crippen LogP contribution is -2.45. The van der Waals surface area contributed by atoms with Crippen LogP contribution in [0, 0.1) is 17.0 Å². The number of nitro groups is 1. The molecule has 1 unspecified atom stereocenters. The predicted molar refractivity (Wildman–Crippen MR) is 73.6 cm³/mol. The van der Waals surface area contributed by atoms with Gasteiger partial charge in [0, 0.05) is 26.2 Å². The van der Waals surface area contributed by atoms with Crippen molar-refractivity contribution in [2.75, 3.05) is 25.0 Å². The molecule has 7 heteroatoms. The first-order valence-corrected chi connectivity index (χ1v) is 6.71. The summed E-state index contributed by atoms with van der Waals surface area (Å²) in [5, 5.41) is 18.9. The van der Waals surface area contributed by atoms with Gasteiger partial charge in [-0.05, 0) is 33.2 Å². The van der Waals surface area contributed by atoms with Crippen molar-refractivity contribution >= 4 is 11.5 Å². The van der Waals surface area contributed by atoms with Crippen LogP contribution in [0.15, 0.2) is 0 Å². The summed E-state index contributed by atoms with van der Waals surface area (Å²) in [6.07, 6.45) is 2.15. The molecule has 0 radical (unpaired) electrons. The molecule has 19 heavy (non-hydrogen) atoms. The Balaban J connectivity index is 2.38. The molecule has 0 saturated carbocycles. The number of hydrogen-bond acceptors (Lipinski definition) is 5. The van der Waals surface area contributed by atoms with Crippen LogP contribution in [0.5, 0.6) is 0 Å². The highest BCUT2D eigenvalue weighted by Crippen LogP contribution is 2.32. The molecule has 1 aromatic rings. The number of nitrogens with one attached hydrogen (secondary N) is 1. The van der Waals surface area contributed by atoms with Crippen LogP contribution >= 0.6 is 0 Å². The second kappa shape index (κ2) is 5.56. The summed E-state index contributed by atoms with van der Waals surface area (Å²) < 4.78 is 1.72. The quantitative estimate of drug-likeness (QED) is 0.657. The molecular weight excluding hydrogens is 246 g/mol. The molecule has 2 heterocycles. The number of aryl methyl sites for hydroxylation is 2. The zero-order chi connectivity index (χ0) is 14.0. The second-order valence-electron chi connectivity index (χ2n) is 4.94. The van der Waals surface area contributed by atoms with Crippen LogP contribution in [0.4, 0.5) is 11.5 Å². The van der Waals surface area contributed by atoms with Gasteiger partial charge < -0.3 is 10.2 Å². The van der Waals surface area contributed by atoms with Crippen LogP contribution in [-0.2, 0) is 6.54 Å². The number of likely N-dealkylation sites (N-methyl/N-ethyl adjacent to an activating group) is 1. The number of hydrogen-bond donors (Lipinski definition) is 1. The molecule has 1 saturated heterocycles. The molecule has 2 rings (SSSR count). The minimum atomic E-state index is -0.323. The summed E-state index contributed by atoms with van der Waals surface area (Å²) in [6, 6.07) is 0.286. The zero-order valence-corrected chi connectivity index (χ0v) is 11.7. The molecule has 0 bridgehead atoms. The monoisotopic (exact) mass is 267 g/mol. The van der Waals surface area contributed by atoms with Crippen molar-refractivity contribution in [1.82, 2.24) is 15.1 Å². The maximum absolute atomic E-state index is 11.3. The fourth-order valence-corrected chi connectivity index (χ4v) is 2.68. The summed E-state index contributed by atoms with van der Waals surface area (Å²) in [7, 11) is 1.92. The first-order chi connectivity index (χ1) is 9.06. The van der Waals surface area contributed by atoms with Gasteiger partial charge in [-0.15, -0.1) is 0 Å². The van der Waals surface area contributed by atoms with E-state index in [0.717, 1.165) is 25.9 Å². The highest BCUT2D eigenvalue weighted by molar-refractivity contribution is 5.61. The Morgan fingerprint density at radius 2 is 2.37 bits per heavy atom. The smallest absolute Gasteiger partial charge is 0.333 e. The van der Waals surface area contributed by atoms with Gasteiger partial charge in [0.05, 0.1) is 4.92 Å². The van der Waals surface area contributed by atoms with Gasteiger partial charge in [-0.3, -0.25) is 10.1 Å². The van der Waals surface area contributed by atoms with Gasteiger partial charge in [0.25, 0.3) is 0 Å². The first kappa shape index (κ1) is 13.8. The van der Waals surface area contributed by atoms with E-state index in [0.29, 0.717) is 18.1 Å². The van der Waals surface area contributed by atoms with E-state index in [9.17, 15) is 10.1 Å². The zero-order valence-electron chi connectivity index (χ0n) is 11.7. The molecule has 1 aliphatic heterocycles. The third kappa shape index (κ3) is 2.56. The van der Waals surface area contributed by atoms with Gasteiger partial charge in [0.15, 0.2) is 0 Å². The Morgan fingerprint density at radius 3 is 2.89 bits per heavy atom. The van der Waals surface area contributed by atoms with E-state index >= 15 is 0 Å². The van der Waals surface area contributed by atoms with Crippen molar-refractivity contribution in [1.29, 1.82) is 0 Å². The average molecular weight is 267 g/mol. The number of rotatable bonds is 4. The minimum Gasteiger partial charge on any atom is -0.350 e. The van der Waals surface area contributed by atoms with E-state index < -0.39 is 0 Å². The molecule has 0 aliphatic carbocycles. The van der Waals surface area contributed by atoms with E-state index in [-0.39, 0.29) is 16.7 Å². The molecule has 0 aromatic carbocycles. The van der Waals surface area contributed by atoms with Crippen LogP contribution in [0.25, 0.3) is 0 Å². The summed E-state index contributed by atoms with van der Waals surface area (Å²) in [5.74, 6) is 0.624. The predicted octanol–water partition coefficient (Wildman–Crippen LogP) is 1.31.